The Balaban J connectivity index is 1.89. The van der Waals surface area contributed by atoms with Gasteiger partial charge < -0.3 is 9.52 Å². The first kappa shape index (κ1) is 17.6. The zero-order valence-electron chi connectivity index (χ0n) is 14.5. The minimum atomic E-state index is -0.452. The van der Waals surface area contributed by atoms with E-state index in [-0.39, 0.29) is 15.7 Å². The Labute approximate surface area is 160 Å². The van der Waals surface area contributed by atoms with Crippen LogP contribution in [0.3, 0.4) is 0 Å². The molecule has 1 aliphatic heterocycles. The second-order valence-corrected chi connectivity index (χ2v) is 10.1. The Morgan fingerprint density at radius 3 is 2.46 bits per heavy atom. The molecule has 1 atom stereocenters. The highest BCUT2D eigenvalue weighted by Gasteiger charge is 2.36. The predicted molar refractivity (Wildman–Crippen MR) is 110 cm³/mol. The summed E-state index contributed by atoms with van der Waals surface area (Å²) in [6.07, 6.45) is 0.767. The van der Waals surface area contributed by atoms with Crippen molar-refractivity contribution in [3.8, 4) is 5.75 Å². The molecule has 1 aromatic heterocycles. The van der Waals surface area contributed by atoms with E-state index >= 15 is 0 Å². The summed E-state index contributed by atoms with van der Waals surface area (Å²) >= 11 is 3.85. The summed E-state index contributed by atoms with van der Waals surface area (Å²) < 4.78 is 5.56. The predicted octanol–water partition coefficient (Wildman–Crippen LogP) is 5.22. The van der Waals surface area contributed by atoms with Gasteiger partial charge in [-0.25, -0.2) is 4.79 Å². The monoisotopic (exact) mass is 384 g/mol. The van der Waals surface area contributed by atoms with Gasteiger partial charge in [0, 0.05) is 17.4 Å². The van der Waals surface area contributed by atoms with E-state index in [1.165, 1.54) is 0 Å². The van der Waals surface area contributed by atoms with Gasteiger partial charge >= 0.3 is 5.63 Å². The van der Waals surface area contributed by atoms with Gasteiger partial charge in [0.1, 0.15) is 11.3 Å². The molecule has 134 valence electrons. The normalized spacial score (nSPS) is 17.4. The maximum absolute atomic E-state index is 12.8. The van der Waals surface area contributed by atoms with Crippen molar-refractivity contribution in [2.45, 2.75) is 23.3 Å². The van der Waals surface area contributed by atoms with Gasteiger partial charge in [0.15, 0.2) is 0 Å². The summed E-state index contributed by atoms with van der Waals surface area (Å²) in [5.74, 6) is 2.06. The summed E-state index contributed by atoms with van der Waals surface area (Å²) in [7, 11) is 0. The quantitative estimate of drug-likeness (QED) is 0.625. The summed E-state index contributed by atoms with van der Waals surface area (Å²) in [6.45, 7) is 2.23. The standard InChI is InChI=1S/C21H20O3S2/c1-21(25-11-12-26-21)13-16(14-7-3-2-4-8-14)18-19(22)15-9-5-6-10-17(15)24-20(18)23/h2-10,16,22H,11-13H2,1H3/t16-/m0/s1. The number of aromatic hydroxyl groups is 1. The molecule has 0 aliphatic carbocycles. The van der Waals surface area contributed by atoms with E-state index in [2.05, 4.69) is 6.92 Å². The topological polar surface area (TPSA) is 50.4 Å². The highest BCUT2D eigenvalue weighted by atomic mass is 32.2. The zero-order chi connectivity index (χ0) is 18.1. The minimum absolute atomic E-state index is 0.0189. The van der Waals surface area contributed by atoms with Crippen LogP contribution >= 0.6 is 23.5 Å². The molecule has 1 fully saturated rings. The lowest BCUT2D eigenvalue weighted by Crippen LogP contribution is -2.22. The molecule has 3 nitrogen and oxygen atoms in total. The highest BCUT2D eigenvalue weighted by molar-refractivity contribution is 8.21. The number of fused-ring (bicyclic) bond motifs is 1. The molecular weight excluding hydrogens is 364 g/mol. The molecule has 1 saturated heterocycles. The fourth-order valence-electron chi connectivity index (χ4n) is 3.57. The molecular formula is C21H20O3S2. The minimum Gasteiger partial charge on any atom is -0.507 e. The Hall–Kier alpha value is -1.85. The molecule has 0 saturated carbocycles. The first-order chi connectivity index (χ1) is 12.6. The van der Waals surface area contributed by atoms with Crippen LogP contribution in [0, 0.1) is 0 Å². The molecule has 0 spiro atoms. The summed E-state index contributed by atoms with van der Waals surface area (Å²) in [6, 6.07) is 17.1. The largest absolute Gasteiger partial charge is 0.507 e. The molecule has 1 aliphatic rings. The van der Waals surface area contributed by atoms with Crippen LogP contribution in [0.5, 0.6) is 5.75 Å². The number of rotatable bonds is 4. The van der Waals surface area contributed by atoms with Crippen LogP contribution < -0.4 is 5.63 Å². The molecule has 2 aromatic carbocycles. The highest BCUT2D eigenvalue weighted by Crippen LogP contribution is 2.51. The van der Waals surface area contributed by atoms with E-state index in [4.69, 9.17) is 4.42 Å². The van der Waals surface area contributed by atoms with Gasteiger partial charge in [-0.2, -0.15) is 0 Å². The number of hydrogen-bond acceptors (Lipinski definition) is 5. The van der Waals surface area contributed by atoms with Crippen molar-refractivity contribution in [1.29, 1.82) is 0 Å². The average Bonchev–Trinajstić information content (AvgIpc) is 3.08. The molecule has 5 heteroatoms. The van der Waals surface area contributed by atoms with Gasteiger partial charge in [-0.1, -0.05) is 42.5 Å². The molecule has 4 rings (SSSR count). The van der Waals surface area contributed by atoms with Gasteiger partial charge in [0.05, 0.1) is 15.0 Å². The molecule has 0 radical (unpaired) electrons. The summed E-state index contributed by atoms with van der Waals surface area (Å²) in [5, 5.41) is 11.5. The van der Waals surface area contributed by atoms with E-state index in [1.807, 2.05) is 59.9 Å². The third-order valence-corrected chi connectivity index (χ3v) is 8.18. The Morgan fingerprint density at radius 2 is 1.73 bits per heavy atom. The second-order valence-electron chi connectivity index (χ2n) is 6.65. The number of benzene rings is 2. The number of thioether (sulfide) groups is 2. The van der Waals surface area contributed by atoms with Crippen LogP contribution in [0.2, 0.25) is 0 Å². The van der Waals surface area contributed by atoms with E-state index in [1.54, 1.807) is 18.2 Å². The molecule has 2 heterocycles. The van der Waals surface area contributed by atoms with Crippen LogP contribution in [-0.4, -0.2) is 20.7 Å². The van der Waals surface area contributed by atoms with Crippen LogP contribution in [-0.2, 0) is 0 Å². The SMILES string of the molecule is CC1(C[C@@H](c2ccccc2)c2c(O)c3ccccc3oc2=O)SCCS1. The van der Waals surface area contributed by atoms with E-state index in [9.17, 15) is 9.90 Å². The van der Waals surface area contributed by atoms with E-state index < -0.39 is 5.63 Å². The number of para-hydroxylation sites is 1. The van der Waals surface area contributed by atoms with Crippen molar-refractivity contribution in [1.82, 2.24) is 0 Å². The molecule has 0 amide bonds. The summed E-state index contributed by atoms with van der Waals surface area (Å²) in [5.41, 5.74) is 1.36. The molecule has 3 aromatic rings. The van der Waals surface area contributed by atoms with E-state index in [0.717, 1.165) is 23.5 Å². The van der Waals surface area contributed by atoms with Crippen molar-refractivity contribution in [3.63, 3.8) is 0 Å². The van der Waals surface area contributed by atoms with Gasteiger partial charge in [-0.05, 0) is 31.0 Å². The van der Waals surface area contributed by atoms with Crippen molar-refractivity contribution in [2.75, 3.05) is 11.5 Å². The lowest BCUT2D eigenvalue weighted by atomic mass is 9.87. The Morgan fingerprint density at radius 1 is 1.08 bits per heavy atom. The lowest BCUT2D eigenvalue weighted by Gasteiger charge is -2.28. The fraction of sp³-hybridized carbons (Fsp3) is 0.286. The first-order valence-electron chi connectivity index (χ1n) is 8.65. The third kappa shape index (κ3) is 3.26. The lowest BCUT2D eigenvalue weighted by molar-refractivity contribution is 0.448. The van der Waals surface area contributed by atoms with Crippen LogP contribution in [0.4, 0.5) is 0 Å². The maximum Gasteiger partial charge on any atom is 0.343 e. The van der Waals surface area contributed by atoms with Crippen LogP contribution in [0.1, 0.15) is 30.4 Å². The van der Waals surface area contributed by atoms with Crippen LogP contribution in [0.15, 0.2) is 63.8 Å². The average molecular weight is 385 g/mol. The molecule has 0 bridgehead atoms. The van der Waals surface area contributed by atoms with Gasteiger partial charge in [-0.15, -0.1) is 23.5 Å². The fourth-order valence-corrected chi connectivity index (χ4v) is 6.51. The zero-order valence-corrected chi connectivity index (χ0v) is 16.1. The summed E-state index contributed by atoms with van der Waals surface area (Å²) in [4.78, 5) is 12.8. The van der Waals surface area contributed by atoms with Crippen LogP contribution in [0.25, 0.3) is 11.0 Å². The molecule has 0 unspecified atom stereocenters. The van der Waals surface area contributed by atoms with Gasteiger partial charge in [0.2, 0.25) is 0 Å². The maximum atomic E-state index is 12.8. The van der Waals surface area contributed by atoms with Crippen molar-refractivity contribution >= 4 is 34.5 Å². The second kappa shape index (κ2) is 7.05. The molecule has 1 N–H and O–H groups in total. The number of hydrogen-bond donors (Lipinski definition) is 1. The smallest absolute Gasteiger partial charge is 0.343 e. The Bertz CT molecular complexity index is 975. The van der Waals surface area contributed by atoms with E-state index in [0.29, 0.717) is 16.5 Å². The third-order valence-electron chi connectivity index (χ3n) is 4.84. The van der Waals surface area contributed by atoms with Gasteiger partial charge in [0.25, 0.3) is 0 Å². The molecule has 26 heavy (non-hydrogen) atoms. The Kier molecular flexibility index (Phi) is 4.76. The first-order valence-corrected chi connectivity index (χ1v) is 10.6. The van der Waals surface area contributed by atoms with Gasteiger partial charge in [-0.3, -0.25) is 0 Å². The van der Waals surface area contributed by atoms with Crippen molar-refractivity contribution < 1.29 is 9.52 Å². The van der Waals surface area contributed by atoms with Crippen molar-refractivity contribution in [2.24, 2.45) is 0 Å². The van der Waals surface area contributed by atoms with Crippen molar-refractivity contribution in [3.05, 3.63) is 76.1 Å².